The Morgan fingerprint density at radius 3 is 2.55 bits per heavy atom. The van der Waals surface area contributed by atoms with E-state index in [1.54, 1.807) is 7.11 Å². The van der Waals surface area contributed by atoms with Crippen LogP contribution in [-0.2, 0) is 10.2 Å². The van der Waals surface area contributed by atoms with Crippen molar-refractivity contribution >= 4 is 11.7 Å². The number of allylic oxidation sites excluding steroid dienone is 2. The number of nitrogen functional groups attached to an aromatic ring is 1. The number of nitrogens with zero attached hydrogens (tertiary/aromatic N) is 1. The SMILES string of the molecule is COC1C=CC=CC1Nc1nc(C(C)(C)C)ccc1C(=N)N. The minimum Gasteiger partial charge on any atom is -0.384 e. The largest absolute Gasteiger partial charge is 0.384 e. The van der Waals surface area contributed by atoms with Crippen molar-refractivity contribution in [3.8, 4) is 0 Å². The lowest BCUT2D eigenvalue weighted by Crippen LogP contribution is -2.34. The number of nitrogens with one attached hydrogen (secondary N) is 2. The Hall–Kier alpha value is -2.14. The highest BCUT2D eigenvalue weighted by atomic mass is 16.5. The van der Waals surface area contributed by atoms with E-state index in [1.165, 1.54) is 0 Å². The molecule has 1 aliphatic rings. The average Bonchev–Trinajstić information content (AvgIpc) is 2.46. The normalized spacial score (nSPS) is 20.9. The molecule has 0 radical (unpaired) electrons. The summed E-state index contributed by atoms with van der Waals surface area (Å²) in [5, 5.41) is 11.1. The number of methoxy groups -OCH3 is 1. The van der Waals surface area contributed by atoms with Gasteiger partial charge in [-0.15, -0.1) is 0 Å². The van der Waals surface area contributed by atoms with Crippen LogP contribution in [0.4, 0.5) is 5.82 Å². The summed E-state index contributed by atoms with van der Waals surface area (Å²) < 4.78 is 5.46. The fraction of sp³-hybridized carbons (Fsp3) is 0.412. The third-order valence-corrected chi connectivity index (χ3v) is 3.61. The number of hydrogen-bond acceptors (Lipinski definition) is 4. The van der Waals surface area contributed by atoms with Crippen LogP contribution in [0.5, 0.6) is 0 Å². The average molecular weight is 300 g/mol. The lowest BCUT2D eigenvalue weighted by atomic mass is 9.91. The number of ether oxygens (including phenoxy) is 1. The van der Waals surface area contributed by atoms with E-state index in [0.29, 0.717) is 11.4 Å². The van der Waals surface area contributed by atoms with Gasteiger partial charge in [0, 0.05) is 18.2 Å². The van der Waals surface area contributed by atoms with Gasteiger partial charge in [0.05, 0.1) is 17.7 Å². The van der Waals surface area contributed by atoms with Crippen molar-refractivity contribution in [3.05, 3.63) is 47.7 Å². The maximum absolute atomic E-state index is 7.75. The maximum atomic E-state index is 7.75. The molecular formula is C17H24N4O. The number of hydrogen-bond donors (Lipinski definition) is 3. The molecule has 0 saturated heterocycles. The first kappa shape index (κ1) is 16.2. The Morgan fingerprint density at radius 2 is 1.95 bits per heavy atom. The number of aromatic nitrogens is 1. The van der Waals surface area contributed by atoms with Crippen LogP contribution in [0.25, 0.3) is 0 Å². The molecule has 118 valence electrons. The molecule has 1 aromatic heterocycles. The molecule has 1 aliphatic carbocycles. The number of rotatable bonds is 4. The van der Waals surface area contributed by atoms with Gasteiger partial charge in [-0.05, 0) is 12.1 Å². The van der Waals surface area contributed by atoms with Crippen LogP contribution in [0.1, 0.15) is 32.0 Å². The van der Waals surface area contributed by atoms with Crippen molar-refractivity contribution in [2.45, 2.75) is 38.3 Å². The zero-order valence-corrected chi connectivity index (χ0v) is 13.6. The van der Waals surface area contributed by atoms with Gasteiger partial charge < -0.3 is 15.8 Å². The van der Waals surface area contributed by atoms with Crippen LogP contribution in [-0.4, -0.2) is 30.1 Å². The first-order chi connectivity index (χ1) is 10.3. The Labute approximate surface area is 131 Å². The summed E-state index contributed by atoms with van der Waals surface area (Å²) in [7, 11) is 1.67. The van der Waals surface area contributed by atoms with Crippen molar-refractivity contribution in [1.82, 2.24) is 4.98 Å². The topological polar surface area (TPSA) is 84.0 Å². The third-order valence-electron chi connectivity index (χ3n) is 3.61. The van der Waals surface area contributed by atoms with Gasteiger partial charge in [-0.25, -0.2) is 4.98 Å². The van der Waals surface area contributed by atoms with Gasteiger partial charge in [-0.2, -0.15) is 0 Å². The summed E-state index contributed by atoms with van der Waals surface area (Å²) in [4.78, 5) is 4.68. The summed E-state index contributed by atoms with van der Waals surface area (Å²) in [5.74, 6) is 0.617. The van der Waals surface area contributed by atoms with Gasteiger partial charge in [0.15, 0.2) is 0 Å². The standard InChI is InChI=1S/C17H24N4O/c1-17(2,3)14-10-9-11(15(18)19)16(21-14)20-12-7-5-6-8-13(12)22-4/h5-10,12-13H,1-4H3,(H3,18,19)(H,20,21). The monoisotopic (exact) mass is 300 g/mol. The Morgan fingerprint density at radius 1 is 1.27 bits per heavy atom. The number of pyridine rings is 1. The van der Waals surface area contributed by atoms with Crippen LogP contribution < -0.4 is 11.1 Å². The second kappa shape index (κ2) is 6.32. The molecule has 5 heteroatoms. The van der Waals surface area contributed by atoms with Gasteiger partial charge in [-0.1, -0.05) is 45.1 Å². The molecule has 1 aromatic rings. The molecule has 1 heterocycles. The summed E-state index contributed by atoms with van der Waals surface area (Å²) in [6.07, 6.45) is 7.85. The van der Waals surface area contributed by atoms with Gasteiger partial charge in [0.25, 0.3) is 0 Å². The molecule has 2 unspecified atom stereocenters. The van der Waals surface area contributed by atoms with Crippen molar-refractivity contribution in [2.75, 3.05) is 12.4 Å². The molecule has 4 N–H and O–H groups in total. The smallest absolute Gasteiger partial charge is 0.137 e. The van der Waals surface area contributed by atoms with Gasteiger partial charge in [0.2, 0.25) is 0 Å². The van der Waals surface area contributed by atoms with Crippen LogP contribution in [0, 0.1) is 5.41 Å². The molecule has 0 fully saturated rings. The van der Waals surface area contributed by atoms with E-state index in [9.17, 15) is 0 Å². The Kier molecular flexibility index (Phi) is 4.66. The highest BCUT2D eigenvalue weighted by Gasteiger charge is 2.22. The predicted molar refractivity (Wildman–Crippen MR) is 90.4 cm³/mol. The molecule has 0 spiro atoms. The van der Waals surface area contributed by atoms with Gasteiger partial charge in [-0.3, -0.25) is 5.41 Å². The number of anilines is 1. The van der Waals surface area contributed by atoms with E-state index in [4.69, 9.17) is 15.9 Å². The first-order valence-corrected chi connectivity index (χ1v) is 7.33. The van der Waals surface area contributed by atoms with E-state index in [1.807, 2.05) is 36.4 Å². The minimum absolute atomic E-state index is 0.000225. The van der Waals surface area contributed by atoms with Crippen molar-refractivity contribution in [2.24, 2.45) is 5.73 Å². The second-order valence-corrected chi connectivity index (χ2v) is 6.40. The van der Waals surface area contributed by atoms with Crippen LogP contribution in [0.15, 0.2) is 36.4 Å². The Balaban J connectivity index is 2.37. The lowest BCUT2D eigenvalue weighted by Gasteiger charge is -2.26. The molecule has 2 atom stereocenters. The van der Waals surface area contributed by atoms with Crippen molar-refractivity contribution < 1.29 is 4.74 Å². The molecule has 5 nitrogen and oxygen atoms in total. The van der Waals surface area contributed by atoms with E-state index in [2.05, 4.69) is 31.1 Å². The Bertz CT molecular complexity index is 614. The fourth-order valence-electron chi connectivity index (χ4n) is 2.30. The van der Waals surface area contributed by atoms with E-state index >= 15 is 0 Å². The highest BCUT2D eigenvalue weighted by Crippen LogP contribution is 2.25. The first-order valence-electron chi connectivity index (χ1n) is 7.33. The lowest BCUT2D eigenvalue weighted by molar-refractivity contribution is 0.134. The summed E-state index contributed by atoms with van der Waals surface area (Å²) in [6, 6.07) is 3.73. The molecule has 0 aliphatic heterocycles. The maximum Gasteiger partial charge on any atom is 0.137 e. The molecular weight excluding hydrogens is 276 g/mol. The quantitative estimate of drug-likeness (QED) is 0.589. The third kappa shape index (κ3) is 3.54. The van der Waals surface area contributed by atoms with Gasteiger partial charge in [0.1, 0.15) is 11.7 Å². The minimum atomic E-state index is -0.0788. The fourth-order valence-corrected chi connectivity index (χ4v) is 2.30. The van der Waals surface area contributed by atoms with E-state index in [0.717, 1.165) is 5.69 Å². The number of nitrogens with two attached hydrogens (primary N) is 1. The molecule has 2 rings (SSSR count). The summed E-state index contributed by atoms with van der Waals surface area (Å²) >= 11 is 0. The van der Waals surface area contributed by atoms with Crippen LogP contribution >= 0.6 is 0 Å². The predicted octanol–water partition coefficient (Wildman–Crippen LogP) is 2.58. The van der Waals surface area contributed by atoms with Crippen LogP contribution in [0.3, 0.4) is 0 Å². The van der Waals surface area contributed by atoms with E-state index < -0.39 is 0 Å². The van der Waals surface area contributed by atoms with Gasteiger partial charge >= 0.3 is 0 Å². The second-order valence-electron chi connectivity index (χ2n) is 6.40. The molecule has 0 aromatic carbocycles. The highest BCUT2D eigenvalue weighted by molar-refractivity contribution is 5.99. The molecule has 0 saturated carbocycles. The zero-order chi connectivity index (χ0) is 16.3. The van der Waals surface area contributed by atoms with Crippen LogP contribution in [0.2, 0.25) is 0 Å². The number of amidine groups is 1. The molecule has 22 heavy (non-hydrogen) atoms. The molecule has 0 amide bonds. The zero-order valence-electron chi connectivity index (χ0n) is 13.6. The van der Waals surface area contributed by atoms with Crippen molar-refractivity contribution in [3.63, 3.8) is 0 Å². The summed E-state index contributed by atoms with van der Waals surface area (Å²) in [6.45, 7) is 6.31. The molecule has 0 bridgehead atoms. The summed E-state index contributed by atoms with van der Waals surface area (Å²) in [5.41, 5.74) is 7.16. The van der Waals surface area contributed by atoms with Crippen molar-refractivity contribution in [1.29, 1.82) is 5.41 Å². The van der Waals surface area contributed by atoms with E-state index in [-0.39, 0.29) is 23.4 Å².